The van der Waals surface area contributed by atoms with Gasteiger partial charge in [-0.05, 0) is 86.7 Å². The van der Waals surface area contributed by atoms with Gasteiger partial charge in [0.1, 0.15) is 0 Å². The third-order valence-corrected chi connectivity index (χ3v) is 9.01. The summed E-state index contributed by atoms with van der Waals surface area (Å²) in [6.07, 6.45) is 14.2. The van der Waals surface area contributed by atoms with Gasteiger partial charge in [-0.2, -0.15) is 0 Å². The van der Waals surface area contributed by atoms with Crippen molar-refractivity contribution in [2.45, 2.75) is 77.1 Å². The quantitative estimate of drug-likeness (QED) is 0.708. The van der Waals surface area contributed by atoms with Crippen LogP contribution in [0.25, 0.3) is 0 Å². The van der Waals surface area contributed by atoms with Crippen LogP contribution in [0.4, 0.5) is 0 Å². The van der Waals surface area contributed by atoms with Crippen LogP contribution in [-0.4, -0.2) is 22.8 Å². The standard InChI is InChI=1S/C23H32O3/c1-3-22-9-6-18-17-5-4-16(24)13-15(17)12-14(2)21(18)19(22)7-10-23(22)11-8-20(25)26-23/h8,11,13-14,17-21,25H,3-7,9-10,12H2,1-2H3/t14-,17-,18?,19?,20?,21?,22-,23+/m0/s1. The van der Waals surface area contributed by atoms with Crippen molar-refractivity contribution in [3.8, 4) is 0 Å². The number of ether oxygens (including phenoxy) is 1. The molecule has 3 heteroatoms. The van der Waals surface area contributed by atoms with Gasteiger partial charge >= 0.3 is 0 Å². The Balaban J connectivity index is 1.52. The van der Waals surface area contributed by atoms with Crippen LogP contribution in [0, 0.1) is 35.0 Å². The first-order valence-electron chi connectivity index (χ1n) is 10.8. The second kappa shape index (κ2) is 5.78. The predicted octanol–water partition coefficient (Wildman–Crippen LogP) is 4.41. The molecule has 4 aliphatic carbocycles. The number of carbonyl (C=O) groups excluding carboxylic acids is 1. The zero-order valence-corrected chi connectivity index (χ0v) is 16.1. The van der Waals surface area contributed by atoms with Gasteiger partial charge in [0.15, 0.2) is 12.1 Å². The molecule has 0 aromatic heterocycles. The topological polar surface area (TPSA) is 46.5 Å². The van der Waals surface area contributed by atoms with Gasteiger partial charge in [0.05, 0.1) is 5.60 Å². The minimum Gasteiger partial charge on any atom is -0.365 e. The zero-order chi connectivity index (χ0) is 18.1. The SMILES string of the molecule is CC[C@]12CCC3C(C1CC[C@@]21C=CC(O)O1)[C@@H](C)CC1=CC(=O)CC[C@@H]13. The molecule has 0 bridgehead atoms. The average molecular weight is 357 g/mol. The lowest BCUT2D eigenvalue weighted by molar-refractivity contribution is -0.190. The lowest BCUT2D eigenvalue weighted by atomic mass is 9.47. The van der Waals surface area contributed by atoms with E-state index in [1.165, 1.54) is 24.8 Å². The maximum atomic E-state index is 11.9. The molecule has 26 heavy (non-hydrogen) atoms. The van der Waals surface area contributed by atoms with Crippen LogP contribution in [0.2, 0.25) is 0 Å². The van der Waals surface area contributed by atoms with Crippen molar-refractivity contribution in [3.05, 3.63) is 23.8 Å². The van der Waals surface area contributed by atoms with Crippen LogP contribution in [0.15, 0.2) is 23.8 Å². The second-order valence-electron chi connectivity index (χ2n) is 9.70. The molecule has 5 aliphatic rings. The first-order valence-corrected chi connectivity index (χ1v) is 10.8. The normalized spacial score (nSPS) is 52.6. The Kier molecular flexibility index (Phi) is 3.82. The van der Waals surface area contributed by atoms with E-state index in [4.69, 9.17) is 4.74 Å². The van der Waals surface area contributed by atoms with Crippen LogP contribution in [-0.2, 0) is 9.53 Å². The minimum atomic E-state index is -0.724. The number of ketones is 1. The molecule has 0 aromatic carbocycles. The third kappa shape index (κ3) is 2.10. The molecular formula is C23H32O3. The minimum absolute atomic E-state index is 0.183. The van der Waals surface area contributed by atoms with E-state index in [2.05, 4.69) is 19.9 Å². The summed E-state index contributed by atoms with van der Waals surface area (Å²) in [6.45, 7) is 4.76. The molecule has 3 fully saturated rings. The Bertz CT molecular complexity index is 679. The first kappa shape index (κ1) is 17.2. The molecule has 0 amide bonds. The highest BCUT2D eigenvalue weighted by molar-refractivity contribution is 5.91. The predicted molar refractivity (Wildman–Crippen MR) is 100 cm³/mol. The van der Waals surface area contributed by atoms with Crippen LogP contribution >= 0.6 is 0 Å². The number of hydrogen-bond donors (Lipinski definition) is 1. The smallest absolute Gasteiger partial charge is 0.175 e. The van der Waals surface area contributed by atoms with Crippen LogP contribution in [0.3, 0.4) is 0 Å². The highest BCUT2D eigenvalue weighted by Gasteiger charge is 2.66. The maximum Gasteiger partial charge on any atom is 0.175 e. The summed E-state index contributed by atoms with van der Waals surface area (Å²) < 4.78 is 6.20. The molecule has 4 unspecified atom stereocenters. The lowest BCUT2D eigenvalue weighted by Gasteiger charge is -2.58. The molecule has 0 aromatic rings. The Morgan fingerprint density at radius 2 is 2.12 bits per heavy atom. The van der Waals surface area contributed by atoms with Crippen molar-refractivity contribution in [2.75, 3.05) is 0 Å². The van der Waals surface area contributed by atoms with Crippen molar-refractivity contribution in [2.24, 2.45) is 35.0 Å². The molecule has 8 atom stereocenters. The number of aliphatic hydroxyl groups is 1. The van der Waals surface area contributed by atoms with Gasteiger partial charge in [-0.1, -0.05) is 25.5 Å². The van der Waals surface area contributed by atoms with Crippen molar-refractivity contribution >= 4 is 5.78 Å². The van der Waals surface area contributed by atoms with Crippen molar-refractivity contribution in [3.63, 3.8) is 0 Å². The average Bonchev–Trinajstić information content (AvgIpc) is 3.16. The third-order valence-electron chi connectivity index (χ3n) is 9.01. The van der Waals surface area contributed by atoms with Crippen molar-refractivity contribution < 1.29 is 14.6 Å². The number of hydrogen-bond acceptors (Lipinski definition) is 3. The number of carbonyl (C=O) groups is 1. The fraction of sp³-hybridized carbons (Fsp3) is 0.783. The van der Waals surface area contributed by atoms with Crippen LogP contribution in [0.1, 0.15) is 65.2 Å². The van der Waals surface area contributed by atoms with E-state index < -0.39 is 6.29 Å². The Morgan fingerprint density at radius 3 is 2.85 bits per heavy atom. The molecule has 142 valence electrons. The van der Waals surface area contributed by atoms with Gasteiger partial charge in [0.2, 0.25) is 0 Å². The largest absolute Gasteiger partial charge is 0.365 e. The Morgan fingerprint density at radius 1 is 1.27 bits per heavy atom. The summed E-state index contributed by atoms with van der Waals surface area (Å²) in [5, 5.41) is 10.1. The van der Waals surface area contributed by atoms with Crippen LogP contribution in [0.5, 0.6) is 0 Å². The summed E-state index contributed by atoms with van der Waals surface area (Å²) >= 11 is 0. The Hall–Kier alpha value is -0.930. The van der Waals surface area contributed by atoms with Crippen molar-refractivity contribution in [1.29, 1.82) is 0 Å². The molecule has 3 saturated carbocycles. The second-order valence-corrected chi connectivity index (χ2v) is 9.70. The van der Waals surface area contributed by atoms with E-state index >= 15 is 0 Å². The number of aliphatic hydroxyl groups excluding tert-OH is 1. The van der Waals surface area contributed by atoms with Gasteiger partial charge in [0, 0.05) is 11.8 Å². The first-order chi connectivity index (χ1) is 12.5. The summed E-state index contributed by atoms with van der Waals surface area (Å²) in [7, 11) is 0. The summed E-state index contributed by atoms with van der Waals surface area (Å²) in [5.41, 5.74) is 1.40. The van der Waals surface area contributed by atoms with E-state index in [0.29, 0.717) is 23.5 Å². The van der Waals surface area contributed by atoms with Gasteiger partial charge < -0.3 is 9.84 Å². The number of rotatable bonds is 1. The molecule has 5 rings (SSSR count). The maximum absolute atomic E-state index is 11.9. The molecule has 3 nitrogen and oxygen atoms in total. The molecule has 1 N–H and O–H groups in total. The zero-order valence-electron chi connectivity index (χ0n) is 16.1. The van der Waals surface area contributed by atoms with E-state index in [0.717, 1.165) is 43.9 Å². The van der Waals surface area contributed by atoms with E-state index in [1.54, 1.807) is 0 Å². The molecular weight excluding hydrogens is 324 g/mol. The van der Waals surface area contributed by atoms with Crippen LogP contribution < -0.4 is 0 Å². The fourth-order valence-electron chi connectivity index (χ4n) is 8.14. The van der Waals surface area contributed by atoms with Gasteiger partial charge in [-0.25, -0.2) is 0 Å². The highest BCUT2D eigenvalue weighted by Crippen LogP contribution is 2.69. The number of fused-ring (bicyclic) bond motifs is 6. The molecule has 0 saturated heterocycles. The summed E-state index contributed by atoms with van der Waals surface area (Å²) in [5.74, 6) is 3.82. The van der Waals surface area contributed by atoms with E-state index in [-0.39, 0.29) is 11.0 Å². The summed E-state index contributed by atoms with van der Waals surface area (Å²) in [6, 6.07) is 0. The van der Waals surface area contributed by atoms with Gasteiger partial charge in [-0.15, -0.1) is 0 Å². The molecule has 0 radical (unpaired) electrons. The highest BCUT2D eigenvalue weighted by atomic mass is 16.6. The van der Waals surface area contributed by atoms with Gasteiger partial charge in [-0.3, -0.25) is 4.79 Å². The molecule has 1 spiro atoms. The van der Waals surface area contributed by atoms with E-state index in [9.17, 15) is 9.90 Å². The molecule has 1 heterocycles. The summed E-state index contributed by atoms with van der Waals surface area (Å²) in [4.78, 5) is 11.9. The monoisotopic (exact) mass is 356 g/mol. The fourth-order valence-corrected chi connectivity index (χ4v) is 8.14. The lowest BCUT2D eigenvalue weighted by Crippen LogP contribution is -2.55. The van der Waals surface area contributed by atoms with Gasteiger partial charge in [0.25, 0.3) is 0 Å². The molecule has 1 aliphatic heterocycles. The number of allylic oxidation sites excluding steroid dienone is 1. The van der Waals surface area contributed by atoms with Crippen molar-refractivity contribution in [1.82, 2.24) is 0 Å². The Labute approximate surface area is 156 Å². The van der Waals surface area contributed by atoms with E-state index in [1.807, 2.05) is 12.2 Å².